The van der Waals surface area contributed by atoms with Gasteiger partial charge in [-0.3, -0.25) is 0 Å². The molecule has 2 saturated heterocycles. The fourth-order valence-electron chi connectivity index (χ4n) is 10.3. The highest BCUT2D eigenvalue weighted by Gasteiger charge is 2.69. The van der Waals surface area contributed by atoms with Crippen LogP contribution in [0.5, 0.6) is 0 Å². The molecule has 0 aromatic rings. The Kier molecular flexibility index (Phi) is 4.78. The number of aliphatic hydroxyl groups excluding tert-OH is 2. The third-order valence-electron chi connectivity index (χ3n) is 12.0. The van der Waals surface area contributed by atoms with E-state index in [9.17, 15) is 10.2 Å². The van der Waals surface area contributed by atoms with Crippen LogP contribution in [0.4, 0.5) is 0 Å². The fraction of sp³-hybridized carbons (Fsp3) is 1.00. The minimum Gasteiger partial charge on any atom is -0.390 e. The molecule has 6 rings (SSSR count). The Morgan fingerprint density at radius 2 is 1.65 bits per heavy atom. The molecular weight excluding hydrogens is 388 g/mol. The average Bonchev–Trinajstić information content (AvgIpc) is 3.16. The first kappa shape index (κ1) is 21.4. The van der Waals surface area contributed by atoms with Crippen molar-refractivity contribution >= 4 is 0 Å². The standard InChI is InChI=1S/C27H44O4/c1-15-7-10-27(30-14-15)16(2)24-23(31-27)12-20-18-6-5-17-11-21(28)22(29)13-26(17,4)19(18)8-9-25(20,24)3/h15-24,28-29H,5-14H2,1-4H3/t15-,16-,17+,18-,19+,20+,21-,22-,23+,24+,25+,26+,27-/m1/s1. The van der Waals surface area contributed by atoms with E-state index >= 15 is 0 Å². The SMILES string of the molecule is C[C@@H]1CC[C@@]2(OC1)O[C@H]1C[C@H]3[C@@H]4CC[C@H]5C[C@@H](O)[C@H](O)C[C@]5(C)[C@H]4CC[C@]3(C)[C@H]1[C@H]2C. The van der Waals surface area contributed by atoms with Crippen molar-refractivity contribution in [3.05, 3.63) is 0 Å². The molecule has 6 aliphatic rings. The molecule has 4 saturated carbocycles. The lowest BCUT2D eigenvalue weighted by atomic mass is 9.44. The topological polar surface area (TPSA) is 58.9 Å². The molecule has 1 spiro atoms. The summed E-state index contributed by atoms with van der Waals surface area (Å²) in [5.74, 6) is 4.21. The van der Waals surface area contributed by atoms with Crippen LogP contribution in [-0.2, 0) is 9.47 Å². The van der Waals surface area contributed by atoms with Gasteiger partial charge in [-0.15, -0.1) is 0 Å². The van der Waals surface area contributed by atoms with Crippen LogP contribution in [-0.4, -0.2) is 40.9 Å². The second-order valence-corrected chi connectivity index (χ2v) is 13.2. The van der Waals surface area contributed by atoms with Crippen molar-refractivity contribution in [3.8, 4) is 0 Å². The average molecular weight is 433 g/mol. The normalized spacial score (nSPS) is 63.3. The van der Waals surface area contributed by atoms with E-state index in [4.69, 9.17) is 9.47 Å². The predicted octanol–water partition coefficient (Wildman–Crippen LogP) is 4.76. The van der Waals surface area contributed by atoms with Gasteiger partial charge in [-0.2, -0.15) is 0 Å². The van der Waals surface area contributed by atoms with Crippen molar-refractivity contribution in [2.45, 2.75) is 110 Å². The molecule has 0 aromatic carbocycles. The second kappa shape index (κ2) is 6.93. The van der Waals surface area contributed by atoms with Gasteiger partial charge in [0.15, 0.2) is 5.79 Å². The van der Waals surface area contributed by atoms with Gasteiger partial charge in [-0.25, -0.2) is 0 Å². The highest BCUT2D eigenvalue weighted by atomic mass is 16.7. The third kappa shape index (κ3) is 2.80. The third-order valence-corrected chi connectivity index (χ3v) is 12.0. The summed E-state index contributed by atoms with van der Waals surface area (Å²) in [5, 5.41) is 20.9. The Labute approximate surface area is 188 Å². The zero-order valence-corrected chi connectivity index (χ0v) is 20.1. The first-order valence-corrected chi connectivity index (χ1v) is 13.4. The zero-order chi connectivity index (χ0) is 21.8. The van der Waals surface area contributed by atoms with E-state index in [2.05, 4.69) is 27.7 Å². The first-order chi connectivity index (χ1) is 14.7. The summed E-state index contributed by atoms with van der Waals surface area (Å²) in [5.41, 5.74) is 0.550. The van der Waals surface area contributed by atoms with Gasteiger partial charge >= 0.3 is 0 Å². The van der Waals surface area contributed by atoms with Gasteiger partial charge in [0, 0.05) is 12.3 Å². The van der Waals surface area contributed by atoms with Crippen LogP contribution in [0.3, 0.4) is 0 Å². The van der Waals surface area contributed by atoms with Crippen LogP contribution in [0.15, 0.2) is 0 Å². The maximum absolute atomic E-state index is 10.6. The summed E-state index contributed by atoms with van der Waals surface area (Å²) < 4.78 is 13.3. The van der Waals surface area contributed by atoms with Gasteiger partial charge in [0.05, 0.1) is 24.9 Å². The van der Waals surface area contributed by atoms with Crippen molar-refractivity contribution < 1.29 is 19.7 Å². The van der Waals surface area contributed by atoms with Gasteiger partial charge in [0.25, 0.3) is 0 Å². The molecule has 0 radical (unpaired) electrons. The number of hydrogen-bond donors (Lipinski definition) is 2. The van der Waals surface area contributed by atoms with E-state index in [1.165, 1.54) is 38.5 Å². The number of fused-ring (bicyclic) bond motifs is 7. The molecule has 31 heavy (non-hydrogen) atoms. The zero-order valence-electron chi connectivity index (χ0n) is 20.1. The molecule has 2 aliphatic heterocycles. The summed E-state index contributed by atoms with van der Waals surface area (Å²) >= 11 is 0. The Hall–Kier alpha value is -0.160. The van der Waals surface area contributed by atoms with Crippen LogP contribution in [0.2, 0.25) is 0 Å². The van der Waals surface area contributed by atoms with Crippen molar-refractivity contribution in [1.82, 2.24) is 0 Å². The Morgan fingerprint density at radius 1 is 0.839 bits per heavy atom. The van der Waals surface area contributed by atoms with Gasteiger partial charge in [0.1, 0.15) is 0 Å². The fourth-order valence-corrected chi connectivity index (χ4v) is 10.3. The molecule has 0 amide bonds. The van der Waals surface area contributed by atoms with Gasteiger partial charge < -0.3 is 19.7 Å². The maximum Gasteiger partial charge on any atom is 0.171 e. The highest BCUT2D eigenvalue weighted by Crippen LogP contribution is 2.71. The van der Waals surface area contributed by atoms with E-state index in [0.29, 0.717) is 41.1 Å². The number of rotatable bonds is 0. The van der Waals surface area contributed by atoms with Crippen molar-refractivity contribution in [3.63, 3.8) is 0 Å². The molecule has 2 heterocycles. The molecule has 4 nitrogen and oxygen atoms in total. The van der Waals surface area contributed by atoms with Crippen LogP contribution < -0.4 is 0 Å². The quantitative estimate of drug-likeness (QED) is 0.579. The molecule has 0 unspecified atom stereocenters. The molecule has 2 N–H and O–H groups in total. The van der Waals surface area contributed by atoms with E-state index in [1.54, 1.807) is 0 Å². The molecular formula is C27H44O4. The minimum atomic E-state index is -0.537. The van der Waals surface area contributed by atoms with Crippen molar-refractivity contribution in [2.24, 2.45) is 52.3 Å². The van der Waals surface area contributed by atoms with E-state index in [0.717, 1.165) is 37.7 Å². The van der Waals surface area contributed by atoms with Crippen LogP contribution >= 0.6 is 0 Å². The largest absolute Gasteiger partial charge is 0.390 e. The summed E-state index contributed by atoms with van der Waals surface area (Å²) in [6.45, 7) is 10.6. The van der Waals surface area contributed by atoms with Gasteiger partial charge in [0.2, 0.25) is 0 Å². The molecule has 176 valence electrons. The van der Waals surface area contributed by atoms with Gasteiger partial charge in [-0.05, 0) is 97.7 Å². The molecule has 6 fully saturated rings. The summed E-state index contributed by atoms with van der Waals surface area (Å²) in [7, 11) is 0. The van der Waals surface area contributed by atoms with Crippen molar-refractivity contribution in [2.75, 3.05) is 6.61 Å². The van der Waals surface area contributed by atoms with Gasteiger partial charge in [-0.1, -0.05) is 27.7 Å². The lowest BCUT2D eigenvalue weighted by Crippen LogP contribution is -2.57. The lowest BCUT2D eigenvalue weighted by molar-refractivity contribution is -0.273. The Morgan fingerprint density at radius 3 is 2.39 bits per heavy atom. The molecule has 0 aromatic heterocycles. The summed E-state index contributed by atoms with van der Waals surface area (Å²) in [6, 6.07) is 0. The summed E-state index contributed by atoms with van der Waals surface area (Å²) in [6.07, 6.45) is 9.51. The molecule has 4 heteroatoms. The van der Waals surface area contributed by atoms with E-state index in [1.807, 2.05) is 0 Å². The highest BCUT2D eigenvalue weighted by molar-refractivity contribution is 5.15. The molecule has 4 aliphatic carbocycles. The van der Waals surface area contributed by atoms with Crippen LogP contribution in [0, 0.1) is 52.3 Å². The monoisotopic (exact) mass is 432 g/mol. The van der Waals surface area contributed by atoms with E-state index in [-0.39, 0.29) is 11.2 Å². The smallest absolute Gasteiger partial charge is 0.171 e. The Balaban J connectivity index is 1.26. The minimum absolute atomic E-state index is 0.191. The van der Waals surface area contributed by atoms with Crippen LogP contribution in [0.1, 0.15) is 85.5 Å². The maximum atomic E-state index is 10.6. The lowest BCUT2D eigenvalue weighted by Gasteiger charge is -2.61. The Bertz CT molecular complexity index is 716. The second-order valence-electron chi connectivity index (χ2n) is 13.2. The van der Waals surface area contributed by atoms with Crippen LogP contribution in [0.25, 0.3) is 0 Å². The molecule has 0 bridgehead atoms. The predicted molar refractivity (Wildman–Crippen MR) is 119 cm³/mol. The van der Waals surface area contributed by atoms with E-state index < -0.39 is 12.2 Å². The number of hydrogen-bond acceptors (Lipinski definition) is 4. The summed E-state index contributed by atoms with van der Waals surface area (Å²) in [4.78, 5) is 0. The molecule has 13 atom stereocenters. The number of ether oxygens (including phenoxy) is 2. The first-order valence-electron chi connectivity index (χ1n) is 13.4. The van der Waals surface area contributed by atoms with Crippen molar-refractivity contribution in [1.29, 1.82) is 0 Å². The number of aliphatic hydroxyl groups is 2.